The zero-order valence-electron chi connectivity index (χ0n) is 12.1. The molecule has 0 bridgehead atoms. The molecule has 3 aromatic rings. The molecule has 0 fully saturated rings. The molecule has 0 saturated heterocycles. The second-order valence-electron chi connectivity index (χ2n) is 4.94. The molecule has 116 valence electrons. The van der Waals surface area contributed by atoms with E-state index in [1.807, 2.05) is 48.5 Å². The van der Waals surface area contributed by atoms with Gasteiger partial charge < -0.3 is 10.1 Å². The summed E-state index contributed by atoms with van der Waals surface area (Å²) in [6.45, 7) is -0.0829. The summed E-state index contributed by atoms with van der Waals surface area (Å²) in [5, 5.41) is 5.26. The van der Waals surface area contributed by atoms with E-state index in [4.69, 9.17) is 16.3 Å². The molecule has 0 aliphatic heterocycles. The molecule has 0 unspecified atom stereocenters. The molecule has 5 heteroatoms. The van der Waals surface area contributed by atoms with Crippen LogP contribution < -0.4 is 10.1 Å². The largest absolute Gasteiger partial charge is 0.483 e. The van der Waals surface area contributed by atoms with Crippen LogP contribution in [0.15, 0.2) is 65.1 Å². The number of benzene rings is 3. The van der Waals surface area contributed by atoms with E-state index in [0.717, 1.165) is 15.2 Å². The van der Waals surface area contributed by atoms with Gasteiger partial charge in [-0.05, 0) is 29.7 Å². The number of carbonyl (C=O) groups excluding carboxylic acids is 1. The second-order valence-corrected chi connectivity index (χ2v) is 6.26. The third kappa shape index (κ3) is 3.84. The summed E-state index contributed by atoms with van der Waals surface area (Å²) in [6, 6.07) is 18.9. The Morgan fingerprint density at radius 3 is 2.70 bits per heavy atom. The number of carbonyl (C=O) groups is 1. The van der Waals surface area contributed by atoms with Gasteiger partial charge in [-0.25, -0.2) is 0 Å². The summed E-state index contributed by atoms with van der Waals surface area (Å²) in [5.41, 5.74) is 0.557. The molecule has 0 aromatic heterocycles. The van der Waals surface area contributed by atoms with Gasteiger partial charge in [0.2, 0.25) is 0 Å². The number of anilines is 1. The summed E-state index contributed by atoms with van der Waals surface area (Å²) in [7, 11) is 0. The molecule has 0 atom stereocenters. The van der Waals surface area contributed by atoms with Gasteiger partial charge in [0.25, 0.3) is 5.91 Å². The van der Waals surface area contributed by atoms with Crippen molar-refractivity contribution < 1.29 is 9.53 Å². The summed E-state index contributed by atoms with van der Waals surface area (Å²) in [5.74, 6) is 0.419. The molecule has 0 radical (unpaired) electrons. The Balaban J connectivity index is 1.69. The summed E-state index contributed by atoms with van der Waals surface area (Å²) in [6.07, 6.45) is 0. The van der Waals surface area contributed by atoms with Crippen LogP contribution >= 0.6 is 27.5 Å². The van der Waals surface area contributed by atoms with Gasteiger partial charge in [-0.2, -0.15) is 0 Å². The van der Waals surface area contributed by atoms with Crippen molar-refractivity contribution in [3.8, 4) is 5.75 Å². The van der Waals surface area contributed by atoms with Crippen molar-refractivity contribution >= 4 is 49.9 Å². The van der Waals surface area contributed by atoms with E-state index in [1.54, 1.807) is 12.1 Å². The minimum atomic E-state index is -0.262. The Labute approximate surface area is 147 Å². The molecule has 0 aliphatic carbocycles. The summed E-state index contributed by atoms with van der Waals surface area (Å²) < 4.78 is 6.51. The van der Waals surface area contributed by atoms with Gasteiger partial charge in [0.05, 0.1) is 10.7 Å². The third-order valence-electron chi connectivity index (χ3n) is 3.31. The fraction of sp³-hybridized carbons (Fsp3) is 0.0556. The topological polar surface area (TPSA) is 38.3 Å². The van der Waals surface area contributed by atoms with Gasteiger partial charge in [-0.15, -0.1) is 0 Å². The highest BCUT2D eigenvalue weighted by Gasteiger charge is 2.08. The molecule has 0 aliphatic rings. The van der Waals surface area contributed by atoms with Crippen molar-refractivity contribution in [2.24, 2.45) is 0 Å². The maximum atomic E-state index is 12.1. The standard InChI is InChI=1S/C18H13BrClNO2/c19-13-8-9-16(15(20)10-13)21-18(22)11-23-17-7-3-5-12-4-1-2-6-14(12)17/h1-10H,11H2,(H,21,22). The number of rotatable bonds is 4. The van der Waals surface area contributed by atoms with Crippen molar-refractivity contribution in [1.82, 2.24) is 0 Å². The van der Waals surface area contributed by atoms with Crippen LogP contribution in [0.3, 0.4) is 0 Å². The molecule has 23 heavy (non-hydrogen) atoms. The van der Waals surface area contributed by atoms with Gasteiger partial charge in [0, 0.05) is 9.86 Å². The van der Waals surface area contributed by atoms with E-state index in [1.165, 1.54) is 0 Å². The molecule has 0 saturated carbocycles. The summed E-state index contributed by atoms with van der Waals surface area (Å²) >= 11 is 9.41. The van der Waals surface area contributed by atoms with Gasteiger partial charge >= 0.3 is 0 Å². The number of nitrogens with one attached hydrogen (secondary N) is 1. The lowest BCUT2D eigenvalue weighted by molar-refractivity contribution is -0.118. The Bertz CT molecular complexity index is 861. The highest BCUT2D eigenvalue weighted by Crippen LogP contribution is 2.27. The summed E-state index contributed by atoms with van der Waals surface area (Å²) in [4.78, 5) is 12.1. The molecule has 1 amide bonds. The van der Waals surface area contributed by atoms with Gasteiger partial charge in [0.15, 0.2) is 6.61 Å². The van der Waals surface area contributed by atoms with Crippen LogP contribution in [0.4, 0.5) is 5.69 Å². The van der Waals surface area contributed by atoms with Crippen molar-refractivity contribution in [2.75, 3.05) is 11.9 Å². The highest BCUT2D eigenvalue weighted by molar-refractivity contribution is 9.10. The monoisotopic (exact) mass is 389 g/mol. The highest BCUT2D eigenvalue weighted by atomic mass is 79.9. The van der Waals surface area contributed by atoms with Crippen LogP contribution in [0.5, 0.6) is 5.75 Å². The van der Waals surface area contributed by atoms with E-state index >= 15 is 0 Å². The second kappa shape index (κ2) is 7.02. The quantitative estimate of drug-likeness (QED) is 0.659. The molecular weight excluding hydrogens is 378 g/mol. The first-order valence-corrected chi connectivity index (χ1v) is 8.16. The van der Waals surface area contributed by atoms with Crippen LogP contribution in [0, 0.1) is 0 Å². The molecule has 3 rings (SSSR count). The smallest absolute Gasteiger partial charge is 0.262 e. The third-order valence-corrected chi connectivity index (χ3v) is 4.12. The number of halogens is 2. The first-order valence-electron chi connectivity index (χ1n) is 6.99. The normalized spacial score (nSPS) is 10.5. The van der Waals surface area contributed by atoms with E-state index in [2.05, 4.69) is 21.2 Å². The zero-order valence-corrected chi connectivity index (χ0v) is 14.4. The molecular formula is C18H13BrClNO2. The van der Waals surface area contributed by atoms with Gasteiger partial charge in [0.1, 0.15) is 5.75 Å². The molecule has 3 nitrogen and oxygen atoms in total. The van der Waals surface area contributed by atoms with Crippen molar-refractivity contribution in [2.45, 2.75) is 0 Å². The lowest BCUT2D eigenvalue weighted by Gasteiger charge is -2.10. The van der Waals surface area contributed by atoms with E-state index in [0.29, 0.717) is 16.5 Å². The van der Waals surface area contributed by atoms with Crippen LogP contribution in [-0.4, -0.2) is 12.5 Å². The minimum absolute atomic E-state index is 0.0829. The lowest BCUT2D eigenvalue weighted by Crippen LogP contribution is -2.20. The van der Waals surface area contributed by atoms with Crippen LogP contribution in [-0.2, 0) is 4.79 Å². The predicted octanol–water partition coefficient (Wildman–Crippen LogP) is 5.27. The Morgan fingerprint density at radius 1 is 1.09 bits per heavy atom. The maximum absolute atomic E-state index is 12.1. The number of amides is 1. The lowest BCUT2D eigenvalue weighted by atomic mass is 10.1. The maximum Gasteiger partial charge on any atom is 0.262 e. The average Bonchev–Trinajstić information content (AvgIpc) is 2.55. The SMILES string of the molecule is O=C(COc1cccc2ccccc12)Nc1ccc(Br)cc1Cl. The van der Waals surface area contributed by atoms with E-state index in [-0.39, 0.29) is 12.5 Å². The fourth-order valence-corrected chi connectivity index (χ4v) is 2.96. The van der Waals surface area contributed by atoms with Crippen molar-refractivity contribution in [3.05, 3.63) is 70.2 Å². The molecule has 1 N–H and O–H groups in total. The molecule has 0 spiro atoms. The number of hydrogen-bond acceptors (Lipinski definition) is 2. The zero-order chi connectivity index (χ0) is 16.2. The van der Waals surface area contributed by atoms with E-state index in [9.17, 15) is 4.79 Å². The van der Waals surface area contributed by atoms with Crippen molar-refractivity contribution in [3.63, 3.8) is 0 Å². The van der Waals surface area contributed by atoms with Crippen LogP contribution in [0.2, 0.25) is 5.02 Å². The molecule has 3 aromatic carbocycles. The molecule has 0 heterocycles. The predicted molar refractivity (Wildman–Crippen MR) is 97.2 cm³/mol. The fourth-order valence-electron chi connectivity index (χ4n) is 2.24. The van der Waals surface area contributed by atoms with Crippen LogP contribution in [0.25, 0.3) is 10.8 Å². The van der Waals surface area contributed by atoms with Gasteiger partial charge in [-0.1, -0.05) is 63.9 Å². The Morgan fingerprint density at radius 2 is 1.87 bits per heavy atom. The van der Waals surface area contributed by atoms with Crippen molar-refractivity contribution in [1.29, 1.82) is 0 Å². The average molecular weight is 391 g/mol. The Hall–Kier alpha value is -2.04. The van der Waals surface area contributed by atoms with Crippen LogP contribution in [0.1, 0.15) is 0 Å². The van der Waals surface area contributed by atoms with E-state index < -0.39 is 0 Å². The van der Waals surface area contributed by atoms with Gasteiger partial charge in [-0.3, -0.25) is 4.79 Å². The first kappa shape index (κ1) is 15.8. The minimum Gasteiger partial charge on any atom is -0.483 e. The number of fused-ring (bicyclic) bond motifs is 1. The first-order chi connectivity index (χ1) is 11.1. The number of hydrogen-bond donors (Lipinski definition) is 1. The Kier molecular flexibility index (Phi) is 4.84. The number of ether oxygens (including phenoxy) is 1.